The lowest BCUT2D eigenvalue weighted by molar-refractivity contribution is 0.00394. The van der Waals surface area contributed by atoms with Gasteiger partial charge in [-0.25, -0.2) is 9.78 Å². The maximum atomic E-state index is 11.3. The van der Waals surface area contributed by atoms with Crippen molar-refractivity contribution < 1.29 is 14.3 Å². The van der Waals surface area contributed by atoms with E-state index in [9.17, 15) is 4.79 Å². The number of esters is 1. The van der Waals surface area contributed by atoms with Crippen LogP contribution in [0.1, 0.15) is 24.3 Å². The number of aromatic nitrogens is 1. The second-order valence-corrected chi connectivity index (χ2v) is 3.47. The second kappa shape index (κ2) is 5.72. The van der Waals surface area contributed by atoms with Crippen LogP contribution in [0.2, 0.25) is 0 Å². The first kappa shape index (κ1) is 11.1. The number of carbonyl (C=O) groups is 1. The molecule has 4 nitrogen and oxygen atoms in total. The van der Waals surface area contributed by atoms with Crippen molar-refractivity contribution in [3.05, 3.63) is 16.6 Å². The van der Waals surface area contributed by atoms with E-state index in [0.717, 1.165) is 0 Å². The maximum Gasteiger partial charge on any atom is 0.358 e. The van der Waals surface area contributed by atoms with Crippen LogP contribution in [-0.2, 0) is 9.47 Å². The van der Waals surface area contributed by atoms with Gasteiger partial charge in [-0.2, -0.15) is 0 Å². The first-order valence-electron chi connectivity index (χ1n) is 4.41. The van der Waals surface area contributed by atoms with Gasteiger partial charge in [-0.3, -0.25) is 0 Å². The standard InChI is InChI=1S/C9H13NO3S/c1-3-12-4-7(2)13-9(11)8-5-14-6-10-8/h5-7H,3-4H2,1-2H3. The van der Waals surface area contributed by atoms with Crippen LogP contribution in [0, 0.1) is 0 Å². The van der Waals surface area contributed by atoms with Crippen molar-refractivity contribution in [3.8, 4) is 0 Å². The van der Waals surface area contributed by atoms with E-state index in [1.807, 2.05) is 6.92 Å². The molecule has 1 heterocycles. The zero-order chi connectivity index (χ0) is 10.4. The van der Waals surface area contributed by atoms with Crippen LogP contribution in [0.15, 0.2) is 10.9 Å². The third-order valence-corrected chi connectivity index (χ3v) is 2.09. The fourth-order valence-corrected chi connectivity index (χ4v) is 1.40. The van der Waals surface area contributed by atoms with Gasteiger partial charge in [0.1, 0.15) is 6.10 Å². The minimum Gasteiger partial charge on any atom is -0.455 e. The molecule has 0 bridgehead atoms. The SMILES string of the molecule is CCOCC(C)OC(=O)c1cscn1. The van der Waals surface area contributed by atoms with E-state index >= 15 is 0 Å². The van der Waals surface area contributed by atoms with Crippen LogP contribution >= 0.6 is 11.3 Å². The molecule has 0 saturated heterocycles. The Bertz CT molecular complexity index is 274. The second-order valence-electron chi connectivity index (χ2n) is 2.75. The molecule has 78 valence electrons. The van der Waals surface area contributed by atoms with E-state index in [1.54, 1.807) is 17.8 Å². The molecule has 0 radical (unpaired) electrons. The molecule has 0 aromatic carbocycles. The number of rotatable bonds is 5. The van der Waals surface area contributed by atoms with Crippen LogP contribution in [0.5, 0.6) is 0 Å². The predicted octanol–water partition coefficient (Wildman–Crippen LogP) is 1.72. The molecule has 1 unspecified atom stereocenters. The van der Waals surface area contributed by atoms with Crippen LogP contribution in [0.4, 0.5) is 0 Å². The highest BCUT2D eigenvalue weighted by Gasteiger charge is 2.13. The van der Waals surface area contributed by atoms with Crippen molar-refractivity contribution in [1.29, 1.82) is 0 Å². The van der Waals surface area contributed by atoms with Crippen molar-refractivity contribution in [2.45, 2.75) is 20.0 Å². The number of carbonyl (C=O) groups excluding carboxylic acids is 1. The highest BCUT2D eigenvalue weighted by Crippen LogP contribution is 2.05. The van der Waals surface area contributed by atoms with Gasteiger partial charge in [0.25, 0.3) is 0 Å². The minimum atomic E-state index is -0.390. The number of ether oxygens (including phenoxy) is 2. The quantitative estimate of drug-likeness (QED) is 0.702. The number of nitrogens with zero attached hydrogens (tertiary/aromatic N) is 1. The molecule has 0 aliphatic heterocycles. The molecular formula is C9H13NO3S. The molecule has 0 aliphatic rings. The fourth-order valence-electron chi connectivity index (χ4n) is 0.874. The summed E-state index contributed by atoms with van der Waals surface area (Å²) in [5, 5.41) is 1.66. The Morgan fingerprint density at radius 2 is 2.50 bits per heavy atom. The van der Waals surface area contributed by atoms with Crippen LogP contribution in [0.3, 0.4) is 0 Å². The van der Waals surface area contributed by atoms with Gasteiger partial charge in [0.2, 0.25) is 0 Å². The van der Waals surface area contributed by atoms with Gasteiger partial charge in [0.05, 0.1) is 12.1 Å². The summed E-state index contributed by atoms with van der Waals surface area (Å²) >= 11 is 1.37. The number of thiazole rings is 1. The van der Waals surface area contributed by atoms with Gasteiger partial charge < -0.3 is 9.47 Å². The van der Waals surface area contributed by atoms with E-state index in [1.165, 1.54) is 11.3 Å². The van der Waals surface area contributed by atoms with Gasteiger partial charge in [0.15, 0.2) is 5.69 Å². The van der Waals surface area contributed by atoms with Crippen molar-refractivity contribution in [3.63, 3.8) is 0 Å². The maximum absolute atomic E-state index is 11.3. The first-order chi connectivity index (χ1) is 6.74. The summed E-state index contributed by atoms with van der Waals surface area (Å²) in [6.45, 7) is 4.74. The average Bonchev–Trinajstić information content (AvgIpc) is 2.67. The predicted molar refractivity (Wildman–Crippen MR) is 53.5 cm³/mol. The van der Waals surface area contributed by atoms with Crippen LogP contribution in [-0.4, -0.2) is 30.3 Å². The van der Waals surface area contributed by atoms with Gasteiger partial charge in [-0.15, -0.1) is 11.3 Å². The smallest absolute Gasteiger partial charge is 0.358 e. The Kier molecular flexibility index (Phi) is 4.55. The number of hydrogen-bond acceptors (Lipinski definition) is 5. The van der Waals surface area contributed by atoms with E-state index < -0.39 is 5.97 Å². The van der Waals surface area contributed by atoms with Gasteiger partial charge >= 0.3 is 5.97 Å². The van der Waals surface area contributed by atoms with Gasteiger partial charge in [0, 0.05) is 12.0 Å². The summed E-state index contributed by atoms with van der Waals surface area (Å²) in [5.74, 6) is -0.390. The Morgan fingerprint density at radius 3 is 3.07 bits per heavy atom. The molecule has 0 amide bonds. The van der Waals surface area contributed by atoms with E-state index in [-0.39, 0.29) is 6.10 Å². The molecule has 0 aliphatic carbocycles. The van der Waals surface area contributed by atoms with Crippen LogP contribution < -0.4 is 0 Å². The molecule has 0 spiro atoms. The van der Waals surface area contributed by atoms with E-state index in [2.05, 4.69) is 4.98 Å². The summed E-state index contributed by atoms with van der Waals surface area (Å²) in [6.07, 6.45) is -0.232. The molecular weight excluding hydrogens is 202 g/mol. The topological polar surface area (TPSA) is 48.4 Å². The lowest BCUT2D eigenvalue weighted by Crippen LogP contribution is -2.20. The summed E-state index contributed by atoms with van der Waals surface area (Å²) in [4.78, 5) is 15.2. The molecule has 5 heteroatoms. The first-order valence-corrected chi connectivity index (χ1v) is 5.35. The van der Waals surface area contributed by atoms with Gasteiger partial charge in [-0.05, 0) is 13.8 Å². The summed E-state index contributed by atoms with van der Waals surface area (Å²) < 4.78 is 10.2. The third-order valence-electron chi connectivity index (χ3n) is 1.51. The Balaban J connectivity index is 2.34. The molecule has 1 atom stereocenters. The molecule has 0 saturated carbocycles. The number of hydrogen-bond donors (Lipinski definition) is 0. The lowest BCUT2D eigenvalue weighted by atomic mass is 10.4. The monoisotopic (exact) mass is 215 g/mol. The summed E-state index contributed by atoms with van der Waals surface area (Å²) in [5.41, 5.74) is 1.96. The average molecular weight is 215 g/mol. The van der Waals surface area contributed by atoms with Gasteiger partial charge in [-0.1, -0.05) is 0 Å². The zero-order valence-corrected chi connectivity index (χ0v) is 9.04. The minimum absolute atomic E-state index is 0.232. The van der Waals surface area contributed by atoms with Crippen molar-refractivity contribution >= 4 is 17.3 Å². The highest BCUT2D eigenvalue weighted by molar-refractivity contribution is 7.07. The normalized spacial score (nSPS) is 12.4. The molecule has 1 aromatic rings. The fraction of sp³-hybridized carbons (Fsp3) is 0.556. The van der Waals surface area contributed by atoms with Crippen molar-refractivity contribution in [2.75, 3.05) is 13.2 Å². The Hall–Kier alpha value is -0.940. The summed E-state index contributed by atoms with van der Waals surface area (Å²) in [6, 6.07) is 0. The third kappa shape index (κ3) is 3.43. The largest absolute Gasteiger partial charge is 0.455 e. The van der Waals surface area contributed by atoms with Crippen LogP contribution in [0.25, 0.3) is 0 Å². The molecule has 14 heavy (non-hydrogen) atoms. The summed E-state index contributed by atoms with van der Waals surface area (Å²) in [7, 11) is 0. The van der Waals surface area contributed by atoms with E-state index in [4.69, 9.17) is 9.47 Å². The molecule has 1 rings (SSSR count). The highest BCUT2D eigenvalue weighted by atomic mass is 32.1. The van der Waals surface area contributed by atoms with Crippen molar-refractivity contribution in [1.82, 2.24) is 4.98 Å². The van der Waals surface area contributed by atoms with Crippen molar-refractivity contribution in [2.24, 2.45) is 0 Å². The molecule has 0 fully saturated rings. The Labute approximate surface area is 86.9 Å². The lowest BCUT2D eigenvalue weighted by Gasteiger charge is -2.11. The molecule has 0 N–H and O–H groups in total. The van der Waals surface area contributed by atoms with E-state index in [0.29, 0.717) is 18.9 Å². The Morgan fingerprint density at radius 1 is 1.71 bits per heavy atom. The molecule has 1 aromatic heterocycles. The zero-order valence-electron chi connectivity index (χ0n) is 8.23.